The van der Waals surface area contributed by atoms with Crippen LogP contribution < -0.4 is 9.47 Å². The average molecular weight is 549 g/mol. The molecule has 8 heteroatoms. The topological polar surface area (TPSA) is 68.3 Å². The van der Waals surface area contributed by atoms with Crippen molar-refractivity contribution in [2.45, 2.75) is 45.3 Å². The molecule has 39 heavy (non-hydrogen) atoms. The molecule has 0 saturated carbocycles. The third-order valence-electron chi connectivity index (χ3n) is 7.52. The fourth-order valence-corrected chi connectivity index (χ4v) is 6.38. The molecule has 1 saturated heterocycles. The van der Waals surface area contributed by atoms with Crippen LogP contribution in [-0.2, 0) is 16.0 Å². The molecule has 2 aliphatic rings. The van der Waals surface area contributed by atoms with E-state index in [1.807, 2.05) is 24.0 Å². The number of carbonyl (C=O) groups excluding carboxylic acids is 2. The molecule has 0 N–H and O–H groups in total. The number of fused-ring (bicyclic) bond motifs is 1. The van der Waals surface area contributed by atoms with E-state index in [0.29, 0.717) is 37.6 Å². The largest absolute Gasteiger partial charge is 0.497 e. The first-order chi connectivity index (χ1) is 18.9. The highest BCUT2D eigenvalue weighted by atomic mass is 32.1. The monoisotopic (exact) mass is 548 g/mol. The number of thiophene rings is 1. The lowest BCUT2D eigenvalue weighted by molar-refractivity contribution is -0.135. The Hall–Kier alpha value is -3.36. The fourth-order valence-electron chi connectivity index (χ4n) is 5.45. The van der Waals surface area contributed by atoms with Crippen molar-refractivity contribution >= 4 is 23.2 Å². The Labute approximate surface area is 234 Å². The van der Waals surface area contributed by atoms with E-state index in [9.17, 15) is 9.59 Å². The number of ether oxygens (including phenoxy) is 3. The van der Waals surface area contributed by atoms with Gasteiger partial charge in [0.25, 0.3) is 5.91 Å². The summed E-state index contributed by atoms with van der Waals surface area (Å²) in [7, 11) is 1.58. The van der Waals surface area contributed by atoms with Gasteiger partial charge in [-0.2, -0.15) is 0 Å². The summed E-state index contributed by atoms with van der Waals surface area (Å²) in [5.41, 5.74) is 3.88. The van der Waals surface area contributed by atoms with E-state index in [1.165, 1.54) is 10.4 Å². The summed E-state index contributed by atoms with van der Waals surface area (Å²) in [6.07, 6.45) is 2.57. The molecule has 3 heterocycles. The van der Waals surface area contributed by atoms with E-state index in [-0.39, 0.29) is 30.5 Å². The van der Waals surface area contributed by atoms with Crippen molar-refractivity contribution in [2.24, 2.45) is 0 Å². The summed E-state index contributed by atoms with van der Waals surface area (Å²) in [6, 6.07) is 15.1. The second-order valence-electron chi connectivity index (χ2n) is 10.3. The number of methoxy groups -OCH3 is 1. The lowest BCUT2D eigenvalue weighted by Crippen LogP contribution is -2.49. The third-order valence-corrected chi connectivity index (χ3v) is 8.52. The normalized spacial score (nSPS) is 18.5. The molecule has 206 valence electrons. The fraction of sp³-hybridized carbons (Fsp3) is 0.419. The predicted octanol–water partition coefficient (Wildman–Crippen LogP) is 5.20. The average Bonchev–Trinajstić information content (AvgIpc) is 3.64. The van der Waals surface area contributed by atoms with Crippen LogP contribution in [0.15, 0.2) is 53.9 Å². The van der Waals surface area contributed by atoms with Crippen molar-refractivity contribution in [3.05, 3.63) is 81.0 Å². The van der Waals surface area contributed by atoms with Crippen LogP contribution in [0.2, 0.25) is 0 Å². The molecule has 2 amide bonds. The highest BCUT2D eigenvalue weighted by Gasteiger charge is 2.34. The van der Waals surface area contributed by atoms with Crippen LogP contribution in [0.3, 0.4) is 0 Å². The van der Waals surface area contributed by atoms with Gasteiger partial charge in [0.2, 0.25) is 5.91 Å². The van der Waals surface area contributed by atoms with Crippen molar-refractivity contribution in [1.82, 2.24) is 9.80 Å². The molecule has 2 aromatic carbocycles. The van der Waals surface area contributed by atoms with Gasteiger partial charge in [-0.15, -0.1) is 11.3 Å². The lowest BCUT2D eigenvalue weighted by atomic mass is 10.00. The van der Waals surface area contributed by atoms with Crippen LogP contribution in [-0.4, -0.2) is 67.7 Å². The van der Waals surface area contributed by atoms with Gasteiger partial charge >= 0.3 is 0 Å². The lowest BCUT2D eigenvalue weighted by Gasteiger charge is -2.37. The zero-order valence-corrected chi connectivity index (χ0v) is 23.7. The molecule has 1 aromatic heterocycles. The molecule has 0 aliphatic carbocycles. The molecule has 2 atom stereocenters. The number of nitrogens with zero attached hydrogens (tertiary/aromatic N) is 2. The van der Waals surface area contributed by atoms with Gasteiger partial charge in [-0.3, -0.25) is 9.59 Å². The highest BCUT2D eigenvalue weighted by molar-refractivity contribution is 7.10. The molecule has 7 nitrogen and oxygen atoms in total. The van der Waals surface area contributed by atoms with Gasteiger partial charge in [-0.25, -0.2) is 0 Å². The standard InChI is InChI=1S/C31H36N2O5S/c1-21-9-10-28(22(2)16-21)38-20-27-26-12-15-39-29(26)11-13-33(27)30(34)19-32(18-25-8-5-14-37-25)31(35)23-6-4-7-24(17-23)36-3/h4,6-7,9-10,12,15-17,25,27H,5,8,11,13-14,18-20H2,1-3H3/t25-,27-/m0/s1. The van der Waals surface area contributed by atoms with Crippen molar-refractivity contribution in [3.63, 3.8) is 0 Å². The maximum Gasteiger partial charge on any atom is 0.254 e. The molecule has 0 unspecified atom stereocenters. The first kappa shape index (κ1) is 27.2. The van der Waals surface area contributed by atoms with Gasteiger partial charge < -0.3 is 24.0 Å². The molecule has 5 rings (SSSR count). The quantitative estimate of drug-likeness (QED) is 0.368. The zero-order chi connectivity index (χ0) is 27.4. The van der Waals surface area contributed by atoms with E-state index in [4.69, 9.17) is 14.2 Å². The van der Waals surface area contributed by atoms with Crippen LogP contribution in [0.5, 0.6) is 11.5 Å². The van der Waals surface area contributed by atoms with Gasteiger partial charge in [-0.05, 0) is 79.9 Å². The predicted molar refractivity (Wildman–Crippen MR) is 152 cm³/mol. The maximum absolute atomic E-state index is 13.9. The number of hydrogen-bond donors (Lipinski definition) is 0. The summed E-state index contributed by atoms with van der Waals surface area (Å²) in [5.74, 6) is 1.14. The van der Waals surface area contributed by atoms with Gasteiger partial charge in [0.05, 0.1) is 19.3 Å². The Morgan fingerprint density at radius 3 is 2.79 bits per heavy atom. The SMILES string of the molecule is COc1cccc(C(=O)N(CC(=O)N2CCc3sccc3[C@@H]2COc2ccc(C)cc2C)C[C@@H]2CCCO2)c1. The number of benzene rings is 2. The van der Waals surface area contributed by atoms with Crippen LogP contribution in [0, 0.1) is 13.8 Å². The van der Waals surface area contributed by atoms with Gasteiger partial charge in [0.1, 0.15) is 24.7 Å². The molecule has 0 bridgehead atoms. The minimum atomic E-state index is -0.218. The molecule has 3 aromatic rings. The van der Waals surface area contributed by atoms with Crippen molar-refractivity contribution in [3.8, 4) is 11.5 Å². The Morgan fingerprint density at radius 1 is 1.15 bits per heavy atom. The third kappa shape index (κ3) is 6.28. The molecule has 2 aliphatic heterocycles. The van der Waals surface area contributed by atoms with Crippen LogP contribution >= 0.6 is 11.3 Å². The van der Waals surface area contributed by atoms with E-state index in [2.05, 4.69) is 24.4 Å². The smallest absolute Gasteiger partial charge is 0.254 e. The summed E-state index contributed by atoms with van der Waals surface area (Å²) in [6.45, 7) is 6.09. The van der Waals surface area contributed by atoms with Gasteiger partial charge in [-0.1, -0.05) is 23.8 Å². The van der Waals surface area contributed by atoms with Gasteiger partial charge in [0, 0.05) is 30.1 Å². The minimum Gasteiger partial charge on any atom is -0.497 e. The van der Waals surface area contributed by atoms with Crippen molar-refractivity contribution in [1.29, 1.82) is 0 Å². The molecule has 1 fully saturated rings. The molecule has 0 spiro atoms. The number of carbonyl (C=O) groups is 2. The van der Waals surface area contributed by atoms with Crippen LogP contribution in [0.25, 0.3) is 0 Å². The maximum atomic E-state index is 13.9. The van der Waals surface area contributed by atoms with E-state index in [1.54, 1.807) is 47.6 Å². The van der Waals surface area contributed by atoms with Crippen molar-refractivity contribution < 1.29 is 23.8 Å². The number of hydrogen-bond acceptors (Lipinski definition) is 6. The summed E-state index contributed by atoms with van der Waals surface area (Å²) >= 11 is 1.72. The minimum absolute atomic E-state index is 0.0184. The van der Waals surface area contributed by atoms with Gasteiger partial charge in [0.15, 0.2) is 0 Å². The Balaban J connectivity index is 1.36. The first-order valence-electron chi connectivity index (χ1n) is 13.5. The molecule has 0 radical (unpaired) electrons. The summed E-state index contributed by atoms with van der Waals surface area (Å²) in [5, 5.41) is 2.08. The van der Waals surface area contributed by atoms with E-state index >= 15 is 0 Å². The Morgan fingerprint density at radius 2 is 2.03 bits per heavy atom. The second kappa shape index (κ2) is 12.2. The zero-order valence-electron chi connectivity index (χ0n) is 22.9. The number of rotatable bonds is 9. The first-order valence-corrected chi connectivity index (χ1v) is 14.4. The number of aryl methyl sites for hydroxylation is 2. The Kier molecular flexibility index (Phi) is 8.53. The van der Waals surface area contributed by atoms with E-state index in [0.717, 1.165) is 36.1 Å². The highest BCUT2D eigenvalue weighted by Crippen LogP contribution is 2.34. The molecular formula is C31H36N2O5S. The number of amides is 2. The van der Waals surface area contributed by atoms with Crippen LogP contribution in [0.1, 0.15) is 50.8 Å². The summed E-state index contributed by atoms with van der Waals surface area (Å²) < 4.78 is 17.5. The molecular weight excluding hydrogens is 512 g/mol. The second-order valence-corrected chi connectivity index (χ2v) is 11.3. The van der Waals surface area contributed by atoms with E-state index < -0.39 is 0 Å². The van der Waals surface area contributed by atoms with Crippen molar-refractivity contribution in [2.75, 3.05) is 40.0 Å². The summed E-state index contributed by atoms with van der Waals surface area (Å²) in [4.78, 5) is 32.4. The Bertz CT molecular complexity index is 1320. The van der Waals surface area contributed by atoms with Crippen LogP contribution in [0.4, 0.5) is 0 Å².